The topological polar surface area (TPSA) is 82.0 Å². The van der Waals surface area contributed by atoms with Gasteiger partial charge in [0, 0.05) is 13.5 Å². The second kappa shape index (κ2) is 6.73. The molecule has 0 spiro atoms. The molecule has 1 unspecified atom stereocenters. The van der Waals surface area contributed by atoms with E-state index >= 15 is 0 Å². The van der Waals surface area contributed by atoms with Gasteiger partial charge in [-0.2, -0.15) is 4.99 Å². The molecule has 0 saturated heterocycles. The van der Waals surface area contributed by atoms with Crippen molar-refractivity contribution in [3.63, 3.8) is 0 Å². The number of ether oxygens (including phenoxy) is 2. The minimum atomic E-state index is -1.87. The Hall–Kier alpha value is -1.78. The highest BCUT2D eigenvalue weighted by Gasteiger charge is 2.41. The first-order valence-corrected chi connectivity index (χ1v) is 4.96. The van der Waals surface area contributed by atoms with Crippen LogP contribution in [0, 0.1) is 0 Å². The van der Waals surface area contributed by atoms with E-state index in [1.807, 2.05) is 0 Å². The number of carbonyl (C=O) groups excluding carboxylic acids is 3. The van der Waals surface area contributed by atoms with E-state index < -0.39 is 24.1 Å². The molecule has 0 N–H and O–H groups in total. The molecular weight excluding hydrogens is 226 g/mol. The first-order valence-electron chi connectivity index (χ1n) is 4.96. The number of hydrogen-bond acceptors (Lipinski definition) is 6. The SMILES string of the molecule is C=C(C)C(=O)C(COC(C)=O)(N=C=O)OCC. The molecule has 0 aliphatic rings. The molecule has 6 nitrogen and oxygen atoms in total. The van der Waals surface area contributed by atoms with Gasteiger partial charge in [-0.1, -0.05) is 6.58 Å². The standard InChI is InChI=1S/C11H15NO5/c1-5-17-11(12-7-13,6-16-9(4)14)10(15)8(2)3/h2,5-6H2,1,3-4H3. The summed E-state index contributed by atoms with van der Waals surface area (Å²) in [4.78, 5) is 36.3. The van der Waals surface area contributed by atoms with E-state index in [0.717, 1.165) is 0 Å². The molecule has 0 fully saturated rings. The lowest BCUT2D eigenvalue weighted by atomic mass is 10.0. The fraction of sp³-hybridized carbons (Fsp3) is 0.545. The van der Waals surface area contributed by atoms with E-state index in [9.17, 15) is 14.4 Å². The Morgan fingerprint density at radius 1 is 1.41 bits per heavy atom. The fourth-order valence-corrected chi connectivity index (χ4v) is 1.13. The molecular formula is C11H15NO5. The number of carbonyl (C=O) groups is 2. The number of hydrogen-bond donors (Lipinski definition) is 0. The molecule has 0 aliphatic carbocycles. The summed E-state index contributed by atoms with van der Waals surface area (Å²) >= 11 is 0. The molecule has 6 heteroatoms. The predicted molar refractivity (Wildman–Crippen MR) is 58.9 cm³/mol. The van der Waals surface area contributed by atoms with Gasteiger partial charge in [-0.05, 0) is 19.4 Å². The predicted octanol–water partition coefficient (Wildman–Crippen LogP) is 0.763. The van der Waals surface area contributed by atoms with E-state index in [4.69, 9.17) is 4.74 Å². The Balaban J connectivity index is 5.25. The van der Waals surface area contributed by atoms with Crippen molar-refractivity contribution in [1.29, 1.82) is 0 Å². The van der Waals surface area contributed by atoms with Crippen LogP contribution in [-0.2, 0) is 23.9 Å². The van der Waals surface area contributed by atoms with Gasteiger partial charge in [0.1, 0.15) is 6.61 Å². The Bertz CT molecular complexity index is 370. The molecule has 0 aromatic carbocycles. The Morgan fingerprint density at radius 2 is 2.00 bits per heavy atom. The highest BCUT2D eigenvalue weighted by molar-refractivity contribution is 6.01. The van der Waals surface area contributed by atoms with Gasteiger partial charge in [-0.15, -0.1) is 0 Å². The number of esters is 1. The molecule has 1 atom stereocenters. The Kier molecular flexibility index (Phi) is 6.02. The lowest BCUT2D eigenvalue weighted by Gasteiger charge is -2.25. The van der Waals surface area contributed by atoms with Crippen LogP contribution in [0.2, 0.25) is 0 Å². The number of aliphatic imine (C=N–C) groups is 1. The summed E-state index contributed by atoms with van der Waals surface area (Å²) in [7, 11) is 0. The molecule has 0 aromatic heterocycles. The molecule has 17 heavy (non-hydrogen) atoms. The van der Waals surface area contributed by atoms with E-state index in [1.54, 1.807) is 6.92 Å². The summed E-state index contributed by atoms with van der Waals surface area (Å²) in [6.07, 6.45) is 1.25. The second-order valence-corrected chi connectivity index (χ2v) is 3.31. The molecule has 0 bridgehead atoms. The van der Waals surface area contributed by atoms with Crippen LogP contribution in [0.25, 0.3) is 0 Å². The maximum atomic E-state index is 11.9. The Labute approximate surface area is 99.3 Å². The van der Waals surface area contributed by atoms with Crippen molar-refractivity contribution >= 4 is 17.8 Å². The van der Waals surface area contributed by atoms with Gasteiger partial charge in [0.15, 0.2) is 0 Å². The van der Waals surface area contributed by atoms with Crippen LogP contribution in [0.1, 0.15) is 20.8 Å². The molecule has 94 valence electrons. The smallest absolute Gasteiger partial charge is 0.302 e. The molecule has 0 aliphatic heterocycles. The maximum Gasteiger partial charge on any atom is 0.302 e. The number of ketones is 1. The van der Waals surface area contributed by atoms with Crippen molar-refractivity contribution in [3.05, 3.63) is 12.2 Å². The third-order valence-corrected chi connectivity index (χ3v) is 1.82. The van der Waals surface area contributed by atoms with E-state index in [1.165, 1.54) is 19.9 Å². The van der Waals surface area contributed by atoms with Crippen LogP contribution < -0.4 is 0 Å². The van der Waals surface area contributed by atoms with Gasteiger partial charge in [0.05, 0.1) is 0 Å². The summed E-state index contributed by atoms with van der Waals surface area (Å²) in [5, 5.41) is 0. The number of nitrogens with zero attached hydrogens (tertiary/aromatic N) is 1. The summed E-state index contributed by atoms with van der Waals surface area (Å²) in [6.45, 7) is 7.34. The third kappa shape index (κ3) is 4.30. The summed E-state index contributed by atoms with van der Waals surface area (Å²) in [5.74, 6) is -1.23. The van der Waals surface area contributed by atoms with Crippen LogP contribution in [0.5, 0.6) is 0 Å². The average Bonchev–Trinajstić information content (AvgIpc) is 2.25. The monoisotopic (exact) mass is 241 g/mol. The van der Waals surface area contributed by atoms with Gasteiger partial charge >= 0.3 is 5.97 Å². The van der Waals surface area contributed by atoms with Crippen LogP contribution in [0.4, 0.5) is 0 Å². The van der Waals surface area contributed by atoms with Crippen molar-refractivity contribution in [2.45, 2.75) is 26.5 Å². The third-order valence-electron chi connectivity index (χ3n) is 1.82. The largest absolute Gasteiger partial charge is 0.460 e. The molecule has 0 saturated carbocycles. The molecule has 0 heterocycles. The zero-order valence-electron chi connectivity index (χ0n) is 10.1. The van der Waals surface area contributed by atoms with Crippen molar-refractivity contribution in [2.24, 2.45) is 4.99 Å². The summed E-state index contributed by atoms with van der Waals surface area (Å²) in [5.41, 5.74) is -1.72. The van der Waals surface area contributed by atoms with E-state index in [2.05, 4.69) is 16.3 Å². The van der Waals surface area contributed by atoms with Crippen molar-refractivity contribution < 1.29 is 23.9 Å². The maximum absolute atomic E-state index is 11.9. The average molecular weight is 241 g/mol. The number of Topliss-reactive ketones (excluding diaryl/α,β-unsaturated/α-hetero) is 1. The second-order valence-electron chi connectivity index (χ2n) is 3.31. The van der Waals surface area contributed by atoms with Crippen LogP contribution in [-0.4, -0.2) is 36.8 Å². The number of rotatable bonds is 7. The first kappa shape index (κ1) is 15.2. The zero-order chi connectivity index (χ0) is 13.5. The molecule has 0 radical (unpaired) electrons. The van der Waals surface area contributed by atoms with Crippen molar-refractivity contribution in [3.8, 4) is 0 Å². The quantitative estimate of drug-likeness (QED) is 0.284. The first-order chi connectivity index (χ1) is 7.89. The van der Waals surface area contributed by atoms with Gasteiger partial charge in [-0.25, -0.2) is 4.79 Å². The lowest BCUT2D eigenvalue weighted by Crippen LogP contribution is -2.45. The fourth-order valence-electron chi connectivity index (χ4n) is 1.13. The Morgan fingerprint density at radius 3 is 2.35 bits per heavy atom. The minimum absolute atomic E-state index is 0.117. The van der Waals surface area contributed by atoms with Crippen LogP contribution in [0.3, 0.4) is 0 Å². The lowest BCUT2D eigenvalue weighted by molar-refractivity contribution is -0.159. The highest BCUT2D eigenvalue weighted by atomic mass is 16.6. The van der Waals surface area contributed by atoms with Crippen molar-refractivity contribution in [1.82, 2.24) is 0 Å². The van der Waals surface area contributed by atoms with Crippen molar-refractivity contribution in [2.75, 3.05) is 13.2 Å². The van der Waals surface area contributed by atoms with Gasteiger partial charge in [-0.3, -0.25) is 9.59 Å². The van der Waals surface area contributed by atoms with Crippen LogP contribution in [0.15, 0.2) is 17.1 Å². The van der Waals surface area contributed by atoms with E-state index in [0.29, 0.717) is 0 Å². The van der Waals surface area contributed by atoms with Gasteiger partial charge in [0.2, 0.25) is 11.9 Å². The zero-order valence-corrected chi connectivity index (χ0v) is 10.1. The summed E-state index contributed by atoms with van der Waals surface area (Å²) < 4.78 is 9.81. The van der Waals surface area contributed by atoms with Crippen LogP contribution >= 0.6 is 0 Å². The molecule has 0 rings (SSSR count). The van der Waals surface area contributed by atoms with Gasteiger partial charge in [0.25, 0.3) is 5.72 Å². The molecule has 0 amide bonds. The molecule has 0 aromatic rings. The summed E-state index contributed by atoms with van der Waals surface area (Å²) in [6, 6.07) is 0. The number of isocyanates is 1. The highest BCUT2D eigenvalue weighted by Crippen LogP contribution is 2.19. The van der Waals surface area contributed by atoms with E-state index in [-0.39, 0.29) is 12.2 Å². The normalized spacial score (nSPS) is 13.1. The van der Waals surface area contributed by atoms with Gasteiger partial charge < -0.3 is 9.47 Å². The minimum Gasteiger partial charge on any atom is -0.460 e.